The van der Waals surface area contributed by atoms with E-state index in [1.165, 1.54) is 6.20 Å². The number of anilines is 2. The van der Waals surface area contributed by atoms with Crippen LogP contribution in [0.2, 0.25) is 0 Å². The van der Waals surface area contributed by atoms with Crippen molar-refractivity contribution in [3.05, 3.63) is 35.2 Å². The van der Waals surface area contributed by atoms with Crippen LogP contribution in [0.1, 0.15) is 12.5 Å². The van der Waals surface area contributed by atoms with Crippen molar-refractivity contribution in [2.45, 2.75) is 6.92 Å². The number of aromatic nitrogens is 3. The predicted molar refractivity (Wildman–Crippen MR) is 77.6 cm³/mol. The molecule has 0 unspecified atom stereocenters. The lowest BCUT2D eigenvalue weighted by molar-refractivity contribution is 0.478. The van der Waals surface area contributed by atoms with Crippen LogP contribution >= 0.6 is 15.9 Å². The molecule has 6 nitrogen and oxygen atoms in total. The van der Waals surface area contributed by atoms with Crippen LogP contribution in [0.4, 0.5) is 11.8 Å². The summed E-state index contributed by atoms with van der Waals surface area (Å²) in [5, 5.41) is 0. The first-order valence-electron chi connectivity index (χ1n) is 5.34. The Morgan fingerprint density at radius 2 is 2.00 bits per heavy atom. The van der Waals surface area contributed by atoms with Gasteiger partial charge in [0.2, 0.25) is 5.95 Å². The van der Waals surface area contributed by atoms with E-state index < -0.39 is 0 Å². The minimum absolute atomic E-state index is 0.0980. The maximum atomic E-state index is 5.73. The number of hydrogen-bond acceptors (Lipinski definition) is 6. The zero-order valence-corrected chi connectivity index (χ0v) is 11.8. The quantitative estimate of drug-likeness (QED) is 0.843. The Bertz CT molecular complexity index is 644. The van der Waals surface area contributed by atoms with E-state index in [2.05, 4.69) is 37.5 Å². The van der Waals surface area contributed by atoms with Gasteiger partial charge in [0.25, 0.3) is 0 Å². The normalized spacial score (nSPS) is 10.2. The van der Waals surface area contributed by atoms with Crippen LogP contribution in [0.15, 0.2) is 29.6 Å². The highest BCUT2D eigenvalue weighted by molar-refractivity contribution is 9.10. The minimum Gasteiger partial charge on any atom is -0.451 e. The van der Waals surface area contributed by atoms with Crippen LogP contribution in [0, 0.1) is 0 Å². The van der Waals surface area contributed by atoms with E-state index in [0.29, 0.717) is 16.1 Å². The number of nitrogens with zero attached hydrogens (tertiary/aromatic N) is 3. The number of halogens is 1. The molecule has 0 saturated carbocycles. The van der Waals surface area contributed by atoms with E-state index in [9.17, 15) is 0 Å². The number of ether oxygens (including phenoxy) is 1. The molecule has 0 radical (unpaired) electrons. The maximum Gasteiger partial charge on any atom is 0.222 e. The molecule has 0 aliphatic heterocycles. The van der Waals surface area contributed by atoms with Gasteiger partial charge in [-0.25, -0.2) is 9.97 Å². The lowest BCUT2D eigenvalue weighted by Gasteiger charge is -2.12. The second kappa shape index (κ2) is 5.23. The first kappa shape index (κ1) is 13.3. The molecule has 0 aliphatic carbocycles. The summed E-state index contributed by atoms with van der Waals surface area (Å²) in [7, 11) is 0. The van der Waals surface area contributed by atoms with E-state index >= 15 is 0 Å². The first-order valence-corrected chi connectivity index (χ1v) is 6.14. The Hall–Kier alpha value is -2.15. The molecule has 7 heteroatoms. The minimum atomic E-state index is 0.0980. The van der Waals surface area contributed by atoms with Gasteiger partial charge < -0.3 is 16.2 Å². The number of allylic oxidation sites excluding steroid dienone is 1. The number of hydrogen-bond donors (Lipinski definition) is 2. The number of pyridine rings is 1. The Morgan fingerprint density at radius 1 is 1.26 bits per heavy atom. The lowest BCUT2D eigenvalue weighted by Crippen LogP contribution is -2.02. The zero-order valence-electron chi connectivity index (χ0n) is 10.2. The Balaban J connectivity index is 2.42. The predicted octanol–water partition coefficient (Wildman–Crippen LogP) is 2.62. The summed E-state index contributed by atoms with van der Waals surface area (Å²) in [6, 6.07) is 1.72. The number of nitrogen functional groups attached to an aromatic ring is 2. The van der Waals surface area contributed by atoms with E-state index in [1.807, 2.05) is 6.92 Å². The molecule has 4 N–H and O–H groups in total. The maximum absolute atomic E-state index is 5.73. The van der Waals surface area contributed by atoms with Crippen LogP contribution in [-0.2, 0) is 0 Å². The smallest absolute Gasteiger partial charge is 0.222 e. The van der Waals surface area contributed by atoms with Crippen LogP contribution in [0.3, 0.4) is 0 Å². The molecule has 0 fully saturated rings. The van der Waals surface area contributed by atoms with Gasteiger partial charge in [0, 0.05) is 17.8 Å². The molecule has 0 atom stereocenters. The molecule has 2 aromatic rings. The molecule has 0 amide bonds. The van der Waals surface area contributed by atoms with Gasteiger partial charge in [-0.1, -0.05) is 6.58 Å². The van der Waals surface area contributed by atoms with Crippen molar-refractivity contribution in [1.29, 1.82) is 0 Å². The van der Waals surface area contributed by atoms with E-state index in [4.69, 9.17) is 16.2 Å². The Kier molecular flexibility index (Phi) is 3.66. The van der Waals surface area contributed by atoms with Gasteiger partial charge in [-0.3, -0.25) is 0 Å². The summed E-state index contributed by atoms with van der Waals surface area (Å²) >= 11 is 3.29. The van der Waals surface area contributed by atoms with Gasteiger partial charge in [-0.15, -0.1) is 0 Å². The summed E-state index contributed by atoms with van der Waals surface area (Å²) < 4.78 is 6.34. The third-order valence-corrected chi connectivity index (χ3v) is 2.75. The standard InChI is InChI=1S/C12H12BrN5O/c1-6(2)7-4-16-10(13)3-8(7)19-9-5-17-12(15)18-11(9)14/h3-5H,1H2,2H3,(H4,14,15,17,18). The van der Waals surface area contributed by atoms with Crippen molar-refractivity contribution in [3.8, 4) is 11.5 Å². The largest absolute Gasteiger partial charge is 0.451 e. The third-order valence-electron chi connectivity index (χ3n) is 2.31. The second-order valence-corrected chi connectivity index (χ2v) is 4.68. The van der Waals surface area contributed by atoms with Crippen molar-refractivity contribution in [2.24, 2.45) is 0 Å². The van der Waals surface area contributed by atoms with Crippen LogP contribution in [0.25, 0.3) is 5.57 Å². The van der Waals surface area contributed by atoms with Gasteiger partial charge in [0.1, 0.15) is 10.4 Å². The topological polar surface area (TPSA) is 99.9 Å². The van der Waals surface area contributed by atoms with E-state index in [1.54, 1.807) is 12.3 Å². The van der Waals surface area contributed by atoms with E-state index in [0.717, 1.165) is 11.1 Å². The molecule has 2 heterocycles. The fourth-order valence-electron chi connectivity index (χ4n) is 1.41. The average molecular weight is 322 g/mol. The highest BCUT2D eigenvalue weighted by atomic mass is 79.9. The number of nitrogens with two attached hydrogens (primary N) is 2. The molecule has 98 valence electrons. The zero-order chi connectivity index (χ0) is 14.0. The Morgan fingerprint density at radius 3 is 2.63 bits per heavy atom. The van der Waals surface area contributed by atoms with Gasteiger partial charge in [0.15, 0.2) is 11.6 Å². The Labute approximate surface area is 118 Å². The highest BCUT2D eigenvalue weighted by Gasteiger charge is 2.11. The third kappa shape index (κ3) is 3.00. The van der Waals surface area contributed by atoms with Crippen molar-refractivity contribution >= 4 is 33.3 Å². The summed E-state index contributed by atoms with van der Waals surface area (Å²) in [6.07, 6.45) is 3.09. The van der Waals surface area contributed by atoms with Crippen LogP contribution in [-0.4, -0.2) is 15.0 Å². The molecular formula is C12H12BrN5O. The molecule has 0 bridgehead atoms. The molecule has 0 aromatic carbocycles. The van der Waals surface area contributed by atoms with Crippen molar-refractivity contribution < 1.29 is 4.74 Å². The van der Waals surface area contributed by atoms with Gasteiger partial charge >= 0.3 is 0 Å². The fourth-order valence-corrected chi connectivity index (χ4v) is 1.72. The molecule has 0 spiro atoms. The van der Waals surface area contributed by atoms with Gasteiger partial charge in [-0.2, -0.15) is 4.98 Å². The lowest BCUT2D eigenvalue weighted by atomic mass is 10.1. The highest BCUT2D eigenvalue weighted by Crippen LogP contribution is 2.32. The summed E-state index contributed by atoms with van der Waals surface area (Å²) in [5.41, 5.74) is 12.8. The summed E-state index contributed by atoms with van der Waals surface area (Å²) in [5.74, 6) is 1.17. The van der Waals surface area contributed by atoms with Gasteiger partial charge in [0.05, 0.1) is 6.20 Å². The summed E-state index contributed by atoms with van der Waals surface area (Å²) in [6.45, 7) is 5.74. The molecule has 2 rings (SSSR count). The van der Waals surface area contributed by atoms with Crippen molar-refractivity contribution in [2.75, 3.05) is 11.5 Å². The van der Waals surface area contributed by atoms with Gasteiger partial charge in [-0.05, 0) is 28.4 Å². The molecule has 0 saturated heterocycles. The SMILES string of the molecule is C=C(C)c1cnc(Br)cc1Oc1cnc(N)nc1N. The fraction of sp³-hybridized carbons (Fsp3) is 0.0833. The first-order chi connectivity index (χ1) is 8.97. The number of rotatable bonds is 3. The molecule has 0 aliphatic rings. The monoisotopic (exact) mass is 321 g/mol. The van der Waals surface area contributed by atoms with Crippen LogP contribution < -0.4 is 16.2 Å². The second-order valence-electron chi connectivity index (χ2n) is 3.86. The van der Waals surface area contributed by atoms with Crippen molar-refractivity contribution in [3.63, 3.8) is 0 Å². The molecular weight excluding hydrogens is 310 g/mol. The molecule has 2 aromatic heterocycles. The summed E-state index contributed by atoms with van der Waals surface area (Å²) in [4.78, 5) is 11.8. The van der Waals surface area contributed by atoms with E-state index in [-0.39, 0.29) is 11.8 Å². The van der Waals surface area contributed by atoms with Crippen molar-refractivity contribution in [1.82, 2.24) is 15.0 Å². The molecule has 19 heavy (non-hydrogen) atoms. The van der Waals surface area contributed by atoms with Crippen LogP contribution in [0.5, 0.6) is 11.5 Å². The average Bonchev–Trinajstić information content (AvgIpc) is 2.32.